The molecule has 1 aromatic heterocycles. The molecule has 0 radical (unpaired) electrons. The molecule has 0 aromatic carbocycles. The van der Waals surface area contributed by atoms with E-state index in [9.17, 15) is 0 Å². The van der Waals surface area contributed by atoms with Crippen molar-refractivity contribution < 1.29 is 0 Å². The third-order valence-electron chi connectivity index (χ3n) is 1.94. The van der Waals surface area contributed by atoms with Crippen LogP contribution < -0.4 is 10.6 Å². The molecule has 1 saturated heterocycles. The Morgan fingerprint density at radius 3 is 2.43 bits per heavy atom. The molecule has 1 fully saturated rings. The summed E-state index contributed by atoms with van der Waals surface area (Å²) in [4.78, 5) is 8.38. The lowest BCUT2D eigenvalue weighted by atomic mass is 10.2. The van der Waals surface area contributed by atoms with Gasteiger partial charge < -0.3 is 10.6 Å². The molecule has 1 atom stereocenters. The van der Waals surface area contributed by atoms with E-state index in [1.54, 1.807) is 12.4 Å². The third-order valence-corrected chi connectivity index (χ3v) is 1.94. The molecule has 0 aliphatic carbocycles. The predicted octanol–water partition coefficient (Wildman–Crippen LogP) is 0.554. The summed E-state index contributed by atoms with van der Waals surface area (Å²) in [5.41, 5.74) is 0. The molecule has 4 nitrogen and oxygen atoms in total. The van der Waals surface area contributed by atoms with E-state index in [1.807, 2.05) is 6.07 Å². The van der Waals surface area contributed by atoms with Gasteiger partial charge in [0.1, 0.15) is 5.82 Å². The average Bonchev–Trinajstić information content (AvgIpc) is 2.21. The highest BCUT2D eigenvalue weighted by atomic mass is 35.5. The Bertz CT molecular complexity index is 238. The van der Waals surface area contributed by atoms with Crippen LogP contribution in [0.1, 0.15) is 11.9 Å². The molecule has 80 valence electrons. The van der Waals surface area contributed by atoms with Gasteiger partial charge in [-0.25, -0.2) is 9.97 Å². The normalized spacial score (nSPS) is 20.4. The summed E-state index contributed by atoms with van der Waals surface area (Å²) in [5.74, 6) is 0.879. The van der Waals surface area contributed by atoms with Gasteiger partial charge in [0.25, 0.3) is 0 Å². The lowest BCUT2D eigenvalue weighted by molar-refractivity contribution is 0.415. The first-order valence-corrected chi connectivity index (χ1v) is 4.18. The molecule has 2 rings (SSSR count). The summed E-state index contributed by atoms with van der Waals surface area (Å²) >= 11 is 0. The molecule has 0 bridgehead atoms. The second-order valence-corrected chi connectivity index (χ2v) is 2.82. The average molecular weight is 237 g/mol. The molecule has 0 amide bonds. The van der Waals surface area contributed by atoms with E-state index in [4.69, 9.17) is 0 Å². The fourth-order valence-corrected chi connectivity index (χ4v) is 1.33. The molecule has 1 aromatic rings. The minimum Gasteiger partial charge on any atom is -0.313 e. The molecule has 0 saturated carbocycles. The number of aromatic nitrogens is 2. The van der Waals surface area contributed by atoms with Crippen LogP contribution in [0.2, 0.25) is 0 Å². The minimum atomic E-state index is 0. The van der Waals surface area contributed by atoms with Crippen molar-refractivity contribution in [3.05, 3.63) is 24.3 Å². The van der Waals surface area contributed by atoms with Crippen LogP contribution in [-0.2, 0) is 0 Å². The topological polar surface area (TPSA) is 49.8 Å². The van der Waals surface area contributed by atoms with E-state index >= 15 is 0 Å². The molecule has 6 heteroatoms. The molecule has 1 aliphatic heterocycles. The summed E-state index contributed by atoms with van der Waals surface area (Å²) in [6.45, 7) is 2.94. The minimum absolute atomic E-state index is 0. The van der Waals surface area contributed by atoms with Gasteiger partial charge in [-0.15, -0.1) is 24.8 Å². The Kier molecular flexibility index (Phi) is 6.74. The smallest absolute Gasteiger partial charge is 0.146 e. The van der Waals surface area contributed by atoms with Crippen molar-refractivity contribution in [2.45, 2.75) is 6.04 Å². The van der Waals surface area contributed by atoms with Crippen molar-refractivity contribution >= 4 is 24.8 Å². The van der Waals surface area contributed by atoms with E-state index in [1.165, 1.54) is 0 Å². The van der Waals surface area contributed by atoms with E-state index in [0.717, 1.165) is 25.5 Å². The predicted molar refractivity (Wildman–Crippen MR) is 60.1 cm³/mol. The van der Waals surface area contributed by atoms with Crippen molar-refractivity contribution in [1.29, 1.82) is 0 Å². The van der Waals surface area contributed by atoms with E-state index in [0.29, 0.717) is 0 Å². The number of rotatable bonds is 1. The molecular weight excluding hydrogens is 223 g/mol. The molecule has 14 heavy (non-hydrogen) atoms. The molecular formula is C8H14Cl2N4. The quantitative estimate of drug-likeness (QED) is 0.749. The first-order chi connectivity index (χ1) is 5.97. The van der Waals surface area contributed by atoms with Crippen LogP contribution in [0, 0.1) is 0 Å². The van der Waals surface area contributed by atoms with Gasteiger partial charge in [0.2, 0.25) is 0 Å². The van der Waals surface area contributed by atoms with Gasteiger partial charge in [-0.2, -0.15) is 0 Å². The Morgan fingerprint density at radius 2 is 1.86 bits per heavy atom. The largest absolute Gasteiger partial charge is 0.313 e. The number of piperazine rings is 1. The summed E-state index contributed by atoms with van der Waals surface area (Å²) in [7, 11) is 0. The number of hydrogen-bond acceptors (Lipinski definition) is 4. The Balaban J connectivity index is 0.000000845. The van der Waals surface area contributed by atoms with Gasteiger partial charge in [-0.3, -0.25) is 0 Å². The van der Waals surface area contributed by atoms with Gasteiger partial charge in [0, 0.05) is 32.0 Å². The number of nitrogens with one attached hydrogen (secondary N) is 2. The van der Waals surface area contributed by atoms with Gasteiger partial charge in [-0.1, -0.05) is 0 Å². The monoisotopic (exact) mass is 236 g/mol. The van der Waals surface area contributed by atoms with E-state index < -0.39 is 0 Å². The zero-order valence-electron chi connectivity index (χ0n) is 7.64. The summed E-state index contributed by atoms with van der Waals surface area (Å²) < 4.78 is 0. The lowest BCUT2D eigenvalue weighted by Crippen LogP contribution is -2.43. The zero-order valence-corrected chi connectivity index (χ0v) is 9.27. The Labute approximate surface area is 95.7 Å². The number of hydrogen-bond donors (Lipinski definition) is 2. The van der Waals surface area contributed by atoms with Gasteiger partial charge in [0.15, 0.2) is 0 Å². The lowest BCUT2D eigenvalue weighted by Gasteiger charge is -2.22. The fourth-order valence-electron chi connectivity index (χ4n) is 1.33. The maximum absolute atomic E-state index is 4.19. The number of halogens is 2. The first-order valence-electron chi connectivity index (χ1n) is 4.18. The Morgan fingerprint density at radius 1 is 1.14 bits per heavy atom. The van der Waals surface area contributed by atoms with Gasteiger partial charge >= 0.3 is 0 Å². The highest BCUT2D eigenvalue weighted by Gasteiger charge is 2.15. The van der Waals surface area contributed by atoms with Crippen molar-refractivity contribution in [1.82, 2.24) is 20.6 Å². The maximum atomic E-state index is 4.19. The van der Waals surface area contributed by atoms with Crippen molar-refractivity contribution in [2.24, 2.45) is 0 Å². The van der Waals surface area contributed by atoms with Crippen LogP contribution in [0.4, 0.5) is 0 Å². The van der Waals surface area contributed by atoms with E-state index in [2.05, 4.69) is 20.6 Å². The highest BCUT2D eigenvalue weighted by molar-refractivity contribution is 5.85. The van der Waals surface area contributed by atoms with Crippen LogP contribution in [0.3, 0.4) is 0 Å². The second kappa shape index (κ2) is 6.95. The van der Waals surface area contributed by atoms with Crippen LogP contribution in [0.15, 0.2) is 18.5 Å². The highest BCUT2D eigenvalue weighted by Crippen LogP contribution is 2.05. The summed E-state index contributed by atoms with van der Waals surface area (Å²) in [6, 6.07) is 2.11. The third kappa shape index (κ3) is 3.38. The van der Waals surface area contributed by atoms with Gasteiger partial charge in [0.05, 0.1) is 6.04 Å². The molecule has 2 N–H and O–H groups in total. The molecule has 1 unspecified atom stereocenters. The maximum Gasteiger partial charge on any atom is 0.146 e. The van der Waals surface area contributed by atoms with E-state index in [-0.39, 0.29) is 30.9 Å². The molecule has 2 heterocycles. The first kappa shape index (κ1) is 13.6. The summed E-state index contributed by atoms with van der Waals surface area (Å²) in [6.07, 6.45) is 3.55. The van der Waals surface area contributed by atoms with Crippen molar-refractivity contribution in [3.63, 3.8) is 0 Å². The fraction of sp³-hybridized carbons (Fsp3) is 0.500. The standard InChI is InChI=1S/C8H12N4.2ClH/c1-2-11-8(12-3-1)7-6-9-4-5-10-7;;/h1-3,7,9-10H,4-6H2;2*1H. The number of nitrogens with zero attached hydrogens (tertiary/aromatic N) is 2. The molecule has 0 spiro atoms. The Hall–Kier alpha value is -0.420. The SMILES string of the molecule is Cl.Cl.c1cnc(C2CNCCN2)nc1. The van der Waals surface area contributed by atoms with Gasteiger partial charge in [-0.05, 0) is 6.07 Å². The second-order valence-electron chi connectivity index (χ2n) is 2.82. The van der Waals surface area contributed by atoms with Crippen LogP contribution in [-0.4, -0.2) is 29.6 Å². The van der Waals surface area contributed by atoms with Crippen LogP contribution in [0.5, 0.6) is 0 Å². The van der Waals surface area contributed by atoms with Crippen LogP contribution in [0.25, 0.3) is 0 Å². The summed E-state index contributed by atoms with van der Waals surface area (Å²) in [5, 5.41) is 6.64. The molecule has 1 aliphatic rings. The van der Waals surface area contributed by atoms with Crippen molar-refractivity contribution in [2.75, 3.05) is 19.6 Å². The zero-order chi connectivity index (χ0) is 8.23. The van der Waals surface area contributed by atoms with Crippen molar-refractivity contribution in [3.8, 4) is 0 Å². The van der Waals surface area contributed by atoms with Crippen LogP contribution >= 0.6 is 24.8 Å².